The van der Waals surface area contributed by atoms with Gasteiger partial charge in [0.15, 0.2) is 0 Å². The van der Waals surface area contributed by atoms with Crippen LogP contribution in [0.3, 0.4) is 0 Å². The minimum absolute atomic E-state index is 0.00472. The monoisotopic (exact) mass is 290 g/mol. The Balaban J connectivity index is 2.23. The first-order valence-electron chi connectivity index (χ1n) is 5.59. The van der Waals surface area contributed by atoms with Gasteiger partial charge in [-0.05, 0) is 35.4 Å². The molecule has 0 saturated heterocycles. The first kappa shape index (κ1) is 12.3. The quantitative estimate of drug-likeness (QED) is 0.937. The normalized spacial score (nSPS) is 14.3. The van der Waals surface area contributed by atoms with Gasteiger partial charge in [-0.15, -0.1) is 0 Å². The maximum Gasteiger partial charge on any atom is 0.0362 e. The van der Waals surface area contributed by atoms with Crippen LogP contribution in [0.25, 0.3) is 0 Å². The molecule has 2 nitrogen and oxygen atoms in total. The van der Waals surface area contributed by atoms with Crippen molar-refractivity contribution in [3.63, 3.8) is 0 Å². The third-order valence-corrected chi connectivity index (χ3v) is 3.50. The number of nitrogens with zero attached hydrogens (tertiary/aromatic N) is 1. The summed E-state index contributed by atoms with van der Waals surface area (Å²) >= 11 is 3.47. The maximum atomic E-state index is 6.30. The van der Waals surface area contributed by atoms with Crippen LogP contribution in [0.2, 0.25) is 0 Å². The van der Waals surface area contributed by atoms with E-state index in [1.807, 2.05) is 24.3 Å². The third kappa shape index (κ3) is 2.93. The van der Waals surface area contributed by atoms with E-state index in [2.05, 4.69) is 40.0 Å². The molecular formula is C14H15BrN2. The van der Waals surface area contributed by atoms with Crippen LogP contribution in [0.4, 0.5) is 0 Å². The number of hydrogen-bond donors (Lipinski definition) is 1. The van der Waals surface area contributed by atoms with Crippen molar-refractivity contribution >= 4 is 15.9 Å². The van der Waals surface area contributed by atoms with Gasteiger partial charge in [0.05, 0.1) is 0 Å². The van der Waals surface area contributed by atoms with Crippen LogP contribution < -0.4 is 5.73 Å². The molecule has 1 aromatic heterocycles. The smallest absolute Gasteiger partial charge is 0.0362 e. The Hall–Kier alpha value is -1.19. The lowest BCUT2D eigenvalue weighted by Crippen LogP contribution is -2.17. The molecule has 0 aliphatic rings. The van der Waals surface area contributed by atoms with Gasteiger partial charge in [0.1, 0.15) is 0 Å². The lowest BCUT2D eigenvalue weighted by Gasteiger charge is -2.20. The Labute approximate surface area is 110 Å². The Kier molecular flexibility index (Phi) is 3.92. The summed E-state index contributed by atoms with van der Waals surface area (Å²) in [6.45, 7) is 2.14. The molecular weight excluding hydrogens is 276 g/mol. The van der Waals surface area contributed by atoms with Crippen LogP contribution in [-0.2, 0) is 0 Å². The van der Waals surface area contributed by atoms with E-state index in [0.29, 0.717) is 0 Å². The van der Waals surface area contributed by atoms with E-state index in [1.54, 1.807) is 12.4 Å². The summed E-state index contributed by atoms with van der Waals surface area (Å²) in [6.07, 6.45) is 3.61. The summed E-state index contributed by atoms with van der Waals surface area (Å²) in [5.41, 5.74) is 8.66. The van der Waals surface area contributed by atoms with E-state index in [4.69, 9.17) is 5.73 Å². The average molecular weight is 291 g/mol. The van der Waals surface area contributed by atoms with Crippen molar-refractivity contribution in [3.8, 4) is 0 Å². The fourth-order valence-electron chi connectivity index (χ4n) is 1.88. The highest BCUT2D eigenvalue weighted by atomic mass is 79.9. The van der Waals surface area contributed by atoms with Crippen molar-refractivity contribution < 1.29 is 0 Å². The standard InChI is InChI=1S/C14H15BrN2/c1-10(11-5-7-17-8-6-11)14(16)12-3-2-4-13(15)9-12/h2-10,14H,16H2,1H3. The van der Waals surface area contributed by atoms with E-state index >= 15 is 0 Å². The Morgan fingerprint density at radius 2 is 1.82 bits per heavy atom. The van der Waals surface area contributed by atoms with Gasteiger partial charge in [0.25, 0.3) is 0 Å². The van der Waals surface area contributed by atoms with Crippen molar-refractivity contribution in [1.29, 1.82) is 0 Å². The van der Waals surface area contributed by atoms with Gasteiger partial charge in [0.2, 0.25) is 0 Å². The fourth-order valence-corrected chi connectivity index (χ4v) is 2.29. The van der Waals surface area contributed by atoms with E-state index in [-0.39, 0.29) is 12.0 Å². The van der Waals surface area contributed by atoms with Crippen LogP contribution in [-0.4, -0.2) is 4.98 Å². The fraction of sp³-hybridized carbons (Fsp3) is 0.214. The van der Waals surface area contributed by atoms with Crippen molar-refractivity contribution in [3.05, 3.63) is 64.4 Å². The van der Waals surface area contributed by atoms with Crippen LogP contribution >= 0.6 is 15.9 Å². The first-order chi connectivity index (χ1) is 8.18. The Bertz CT molecular complexity index is 485. The molecule has 0 radical (unpaired) electrons. The van der Waals surface area contributed by atoms with Gasteiger partial charge < -0.3 is 5.73 Å². The molecule has 17 heavy (non-hydrogen) atoms. The minimum atomic E-state index is -0.00472. The van der Waals surface area contributed by atoms with Gasteiger partial charge >= 0.3 is 0 Å². The maximum absolute atomic E-state index is 6.30. The number of nitrogens with two attached hydrogens (primary N) is 1. The third-order valence-electron chi connectivity index (χ3n) is 3.00. The molecule has 0 fully saturated rings. The highest BCUT2D eigenvalue weighted by Gasteiger charge is 2.16. The van der Waals surface area contributed by atoms with E-state index < -0.39 is 0 Å². The van der Waals surface area contributed by atoms with Crippen LogP contribution in [0.1, 0.15) is 30.0 Å². The zero-order valence-electron chi connectivity index (χ0n) is 9.68. The van der Waals surface area contributed by atoms with E-state index in [0.717, 1.165) is 10.0 Å². The highest BCUT2D eigenvalue weighted by molar-refractivity contribution is 9.10. The van der Waals surface area contributed by atoms with Crippen LogP contribution in [0.15, 0.2) is 53.3 Å². The van der Waals surface area contributed by atoms with Gasteiger partial charge in [-0.1, -0.05) is 35.0 Å². The highest BCUT2D eigenvalue weighted by Crippen LogP contribution is 2.29. The Morgan fingerprint density at radius 1 is 1.12 bits per heavy atom. The summed E-state index contributed by atoms with van der Waals surface area (Å²) in [5.74, 6) is 0.271. The van der Waals surface area contributed by atoms with Crippen molar-refractivity contribution in [2.75, 3.05) is 0 Å². The second-order valence-corrected chi connectivity index (χ2v) is 5.07. The molecule has 2 aromatic rings. The number of benzene rings is 1. The molecule has 0 saturated carbocycles. The average Bonchev–Trinajstić information content (AvgIpc) is 2.38. The van der Waals surface area contributed by atoms with Gasteiger partial charge in [-0.3, -0.25) is 4.98 Å². The predicted molar refractivity (Wildman–Crippen MR) is 73.7 cm³/mol. The summed E-state index contributed by atoms with van der Waals surface area (Å²) in [4.78, 5) is 4.03. The summed E-state index contributed by atoms with van der Waals surface area (Å²) in [5, 5.41) is 0. The van der Waals surface area contributed by atoms with Crippen molar-refractivity contribution in [2.24, 2.45) is 5.73 Å². The molecule has 0 aliphatic heterocycles. The SMILES string of the molecule is CC(c1ccncc1)C(N)c1cccc(Br)c1. The molecule has 2 atom stereocenters. The molecule has 88 valence electrons. The second-order valence-electron chi connectivity index (χ2n) is 4.15. The van der Waals surface area contributed by atoms with Gasteiger partial charge in [-0.25, -0.2) is 0 Å². The summed E-state index contributed by atoms with van der Waals surface area (Å²) in [6, 6.07) is 12.2. The number of hydrogen-bond acceptors (Lipinski definition) is 2. The molecule has 2 N–H and O–H groups in total. The van der Waals surface area contributed by atoms with Crippen LogP contribution in [0.5, 0.6) is 0 Å². The molecule has 3 heteroatoms. The molecule has 0 spiro atoms. The van der Waals surface area contributed by atoms with E-state index in [9.17, 15) is 0 Å². The second kappa shape index (κ2) is 5.43. The first-order valence-corrected chi connectivity index (χ1v) is 6.39. The molecule has 1 heterocycles. The minimum Gasteiger partial charge on any atom is -0.323 e. The van der Waals surface area contributed by atoms with Gasteiger partial charge in [0, 0.05) is 28.8 Å². The van der Waals surface area contributed by atoms with Crippen molar-refractivity contribution in [2.45, 2.75) is 18.9 Å². The van der Waals surface area contributed by atoms with Crippen LogP contribution in [0, 0.1) is 0 Å². The zero-order chi connectivity index (χ0) is 12.3. The lowest BCUT2D eigenvalue weighted by molar-refractivity contribution is 0.597. The molecule has 0 amide bonds. The number of rotatable bonds is 3. The topological polar surface area (TPSA) is 38.9 Å². The number of aromatic nitrogens is 1. The molecule has 1 aromatic carbocycles. The summed E-state index contributed by atoms with van der Waals surface area (Å²) in [7, 11) is 0. The molecule has 2 unspecified atom stereocenters. The van der Waals surface area contributed by atoms with Crippen molar-refractivity contribution in [1.82, 2.24) is 4.98 Å². The van der Waals surface area contributed by atoms with E-state index in [1.165, 1.54) is 5.56 Å². The van der Waals surface area contributed by atoms with Gasteiger partial charge in [-0.2, -0.15) is 0 Å². The molecule has 0 bridgehead atoms. The molecule has 0 aliphatic carbocycles. The number of halogens is 1. The lowest BCUT2D eigenvalue weighted by atomic mass is 9.90. The predicted octanol–water partition coefficient (Wildman–Crippen LogP) is 3.65. The number of pyridine rings is 1. The zero-order valence-corrected chi connectivity index (χ0v) is 11.3. The largest absolute Gasteiger partial charge is 0.323 e. The Morgan fingerprint density at radius 3 is 2.47 bits per heavy atom. The molecule has 2 rings (SSSR count). The summed E-state index contributed by atoms with van der Waals surface area (Å²) < 4.78 is 1.06.